The van der Waals surface area contributed by atoms with E-state index < -0.39 is 0 Å². The van der Waals surface area contributed by atoms with Gasteiger partial charge < -0.3 is 10.1 Å². The molecule has 0 aliphatic heterocycles. The van der Waals surface area contributed by atoms with E-state index in [1.54, 1.807) is 18.4 Å². The Morgan fingerprint density at radius 3 is 2.81 bits per heavy atom. The first-order chi connectivity index (χ1) is 12.5. The van der Waals surface area contributed by atoms with Gasteiger partial charge in [0.2, 0.25) is 0 Å². The summed E-state index contributed by atoms with van der Waals surface area (Å²) in [6.07, 6.45) is 3.34. The number of benzene rings is 1. The fourth-order valence-electron chi connectivity index (χ4n) is 2.96. The highest BCUT2D eigenvalue weighted by molar-refractivity contribution is 7.80. The van der Waals surface area contributed by atoms with Crippen LogP contribution in [0.5, 0.6) is 5.75 Å². The second kappa shape index (κ2) is 8.51. The van der Waals surface area contributed by atoms with Gasteiger partial charge in [0.1, 0.15) is 5.75 Å². The number of hydrogen-bond acceptors (Lipinski definition) is 4. The summed E-state index contributed by atoms with van der Waals surface area (Å²) >= 11 is 6.80. The SMILES string of the molecule is COc1ccc(CNC(=S)NNC(=O)c2cc3c(s2)CC[C@@H](C)C3)cc1. The van der Waals surface area contributed by atoms with Gasteiger partial charge >= 0.3 is 0 Å². The number of amides is 1. The zero-order chi connectivity index (χ0) is 18.5. The molecule has 3 N–H and O–H groups in total. The fraction of sp³-hybridized carbons (Fsp3) is 0.368. The number of nitrogens with one attached hydrogen (secondary N) is 3. The minimum Gasteiger partial charge on any atom is -0.497 e. The van der Waals surface area contributed by atoms with E-state index in [4.69, 9.17) is 17.0 Å². The third kappa shape index (κ3) is 4.74. The Morgan fingerprint density at radius 2 is 2.08 bits per heavy atom. The summed E-state index contributed by atoms with van der Waals surface area (Å²) < 4.78 is 5.13. The molecule has 138 valence electrons. The van der Waals surface area contributed by atoms with Gasteiger partial charge in [0.05, 0.1) is 12.0 Å². The van der Waals surface area contributed by atoms with Gasteiger partial charge in [-0.25, -0.2) is 0 Å². The number of hydrazine groups is 1. The summed E-state index contributed by atoms with van der Waals surface area (Å²) in [5, 5.41) is 3.44. The van der Waals surface area contributed by atoms with E-state index in [-0.39, 0.29) is 5.91 Å². The first kappa shape index (κ1) is 18.7. The summed E-state index contributed by atoms with van der Waals surface area (Å²) in [5.74, 6) is 1.36. The quantitative estimate of drug-likeness (QED) is 0.554. The van der Waals surface area contributed by atoms with Gasteiger partial charge in [-0.3, -0.25) is 15.6 Å². The second-order valence-electron chi connectivity index (χ2n) is 6.52. The van der Waals surface area contributed by atoms with Crippen LogP contribution in [0, 0.1) is 5.92 Å². The second-order valence-corrected chi connectivity index (χ2v) is 8.06. The van der Waals surface area contributed by atoms with E-state index in [1.165, 1.54) is 16.9 Å². The first-order valence-electron chi connectivity index (χ1n) is 8.64. The van der Waals surface area contributed by atoms with Gasteiger partial charge in [0, 0.05) is 11.4 Å². The molecule has 5 nitrogen and oxygen atoms in total. The molecule has 3 rings (SSSR count). The van der Waals surface area contributed by atoms with Crippen LogP contribution in [0.2, 0.25) is 0 Å². The Morgan fingerprint density at radius 1 is 1.31 bits per heavy atom. The van der Waals surface area contributed by atoms with Gasteiger partial charge in [-0.15, -0.1) is 11.3 Å². The number of hydrogen-bond donors (Lipinski definition) is 3. The van der Waals surface area contributed by atoms with Gasteiger partial charge in [-0.05, 0) is 66.7 Å². The third-order valence-corrected chi connectivity index (χ3v) is 5.94. The van der Waals surface area contributed by atoms with Crippen molar-refractivity contribution in [3.05, 3.63) is 51.2 Å². The zero-order valence-electron chi connectivity index (χ0n) is 14.9. The van der Waals surface area contributed by atoms with Crippen molar-refractivity contribution in [3.8, 4) is 5.75 Å². The Balaban J connectivity index is 1.46. The van der Waals surface area contributed by atoms with Crippen molar-refractivity contribution in [3.63, 3.8) is 0 Å². The number of thiophene rings is 1. The van der Waals surface area contributed by atoms with Crippen LogP contribution < -0.4 is 20.9 Å². The van der Waals surface area contributed by atoms with Crippen LogP contribution in [0.15, 0.2) is 30.3 Å². The summed E-state index contributed by atoms with van der Waals surface area (Å²) in [7, 11) is 1.64. The number of ether oxygens (including phenoxy) is 1. The molecule has 1 aromatic heterocycles. The van der Waals surface area contributed by atoms with Gasteiger partial charge in [-0.2, -0.15) is 0 Å². The van der Waals surface area contributed by atoms with E-state index >= 15 is 0 Å². The number of carbonyl (C=O) groups is 1. The highest BCUT2D eigenvalue weighted by atomic mass is 32.1. The standard InChI is InChI=1S/C19H23N3O2S2/c1-12-3-8-16-14(9-12)10-17(26-16)18(23)21-22-19(25)20-11-13-4-6-15(24-2)7-5-13/h4-7,10,12H,3,8-9,11H2,1-2H3,(H,21,23)(H2,20,22,25)/t12-/m1/s1. The molecule has 0 spiro atoms. The molecule has 1 aliphatic rings. The zero-order valence-corrected chi connectivity index (χ0v) is 16.6. The summed E-state index contributed by atoms with van der Waals surface area (Å²) in [6, 6.07) is 9.73. The minimum atomic E-state index is -0.148. The monoisotopic (exact) mass is 389 g/mol. The van der Waals surface area contributed by atoms with Crippen molar-refractivity contribution in [1.29, 1.82) is 0 Å². The molecule has 0 saturated heterocycles. The Labute approximate surface area is 163 Å². The number of carbonyl (C=O) groups excluding carboxylic acids is 1. The third-order valence-electron chi connectivity index (χ3n) is 4.45. The number of rotatable bonds is 4. The van der Waals surface area contributed by atoms with Crippen molar-refractivity contribution < 1.29 is 9.53 Å². The van der Waals surface area contributed by atoms with E-state index in [2.05, 4.69) is 23.1 Å². The lowest BCUT2D eigenvalue weighted by Crippen LogP contribution is -2.46. The lowest BCUT2D eigenvalue weighted by molar-refractivity contribution is 0.0947. The van der Waals surface area contributed by atoms with E-state index in [0.29, 0.717) is 17.6 Å². The van der Waals surface area contributed by atoms with E-state index in [9.17, 15) is 4.79 Å². The minimum absolute atomic E-state index is 0.148. The van der Waals surface area contributed by atoms with Crippen LogP contribution in [0.4, 0.5) is 0 Å². The van der Waals surface area contributed by atoms with Crippen LogP contribution in [0.25, 0.3) is 0 Å². The smallest absolute Gasteiger partial charge is 0.279 e. The number of fused-ring (bicyclic) bond motifs is 1. The summed E-state index contributed by atoms with van der Waals surface area (Å²) in [5.41, 5.74) is 7.83. The van der Waals surface area contributed by atoms with Crippen LogP contribution in [-0.4, -0.2) is 18.1 Å². The molecular formula is C19H23N3O2S2. The predicted octanol–water partition coefficient (Wildman–Crippen LogP) is 3.19. The van der Waals surface area contributed by atoms with Crippen molar-refractivity contribution in [1.82, 2.24) is 16.2 Å². The summed E-state index contributed by atoms with van der Waals surface area (Å²) in [6.45, 7) is 2.83. The van der Waals surface area contributed by atoms with Crippen LogP contribution in [0.1, 0.15) is 39.0 Å². The number of aryl methyl sites for hydroxylation is 1. The van der Waals surface area contributed by atoms with Gasteiger partial charge in [-0.1, -0.05) is 19.1 Å². The molecule has 1 amide bonds. The molecule has 0 radical (unpaired) electrons. The largest absolute Gasteiger partial charge is 0.497 e. The van der Waals surface area contributed by atoms with Crippen LogP contribution in [-0.2, 0) is 19.4 Å². The maximum atomic E-state index is 12.3. The maximum absolute atomic E-state index is 12.3. The van der Waals surface area contributed by atoms with Crippen LogP contribution >= 0.6 is 23.6 Å². The Bertz CT molecular complexity index is 787. The molecule has 1 atom stereocenters. The predicted molar refractivity (Wildman–Crippen MR) is 109 cm³/mol. The molecule has 2 aromatic rings. The fourth-order valence-corrected chi connectivity index (χ4v) is 4.19. The molecule has 0 bridgehead atoms. The molecule has 0 fully saturated rings. The van der Waals surface area contributed by atoms with Gasteiger partial charge in [0.25, 0.3) is 5.91 Å². The van der Waals surface area contributed by atoms with Crippen molar-refractivity contribution in [2.24, 2.45) is 5.92 Å². The maximum Gasteiger partial charge on any atom is 0.279 e. The average molecular weight is 390 g/mol. The topological polar surface area (TPSA) is 62.4 Å². The first-order valence-corrected chi connectivity index (χ1v) is 9.86. The molecule has 1 aliphatic carbocycles. The molecule has 1 heterocycles. The average Bonchev–Trinajstić information content (AvgIpc) is 3.08. The normalized spacial score (nSPS) is 15.7. The number of thiocarbonyl (C=S) groups is 1. The Kier molecular flexibility index (Phi) is 6.11. The van der Waals surface area contributed by atoms with Gasteiger partial charge in [0.15, 0.2) is 5.11 Å². The highest BCUT2D eigenvalue weighted by Gasteiger charge is 2.20. The van der Waals surface area contributed by atoms with Crippen molar-refractivity contribution in [2.75, 3.05) is 7.11 Å². The van der Waals surface area contributed by atoms with Crippen molar-refractivity contribution >= 4 is 34.6 Å². The van der Waals surface area contributed by atoms with E-state index in [0.717, 1.165) is 29.0 Å². The van der Waals surface area contributed by atoms with Crippen molar-refractivity contribution in [2.45, 2.75) is 32.7 Å². The highest BCUT2D eigenvalue weighted by Crippen LogP contribution is 2.32. The number of methoxy groups -OCH3 is 1. The molecule has 26 heavy (non-hydrogen) atoms. The summed E-state index contributed by atoms with van der Waals surface area (Å²) in [4.78, 5) is 14.4. The lowest BCUT2D eigenvalue weighted by Gasteiger charge is -2.16. The molecule has 1 aromatic carbocycles. The molecule has 7 heteroatoms. The molecule has 0 unspecified atom stereocenters. The Hall–Kier alpha value is -2.12. The lowest BCUT2D eigenvalue weighted by atomic mass is 9.90. The molecular weight excluding hydrogens is 366 g/mol. The van der Waals surface area contributed by atoms with Crippen LogP contribution in [0.3, 0.4) is 0 Å². The molecule has 0 saturated carbocycles. The van der Waals surface area contributed by atoms with E-state index in [1.807, 2.05) is 30.3 Å².